The summed E-state index contributed by atoms with van der Waals surface area (Å²) in [5.41, 5.74) is 2.05. The van der Waals surface area contributed by atoms with Gasteiger partial charge in [0.25, 0.3) is 0 Å². The molecule has 0 unspecified atom stereocenters. The van der Waals surface area contributed by atoms with Gasteiger partial charge < -0.3 is 19.7 Å². The van der Waals surface area contributed by atoms with Crippen molar-refractivity contribution in [3.63, 3.8) is 0 Å². The minimum Gasteiger partial charge on any atom is -0.497 e. The Kier molecular flexibility index (Phi) is 6.71. The molecule has 0 bridgehead atoms. The second kappa shape index (κ2) is 9.42. The van der Waals surface area contributed by atoms with Gasteiger partial charge in [0.1, 0.15) is 11.5 Å². The molecule has 1 fully saturated rings. The molecule has 1 amide bonds. The predicted molar refractivity (Wildman–Crippen MR) is 107 cm³/mol. The number of hydrogen-bond donors (Lipinski definition) is 1. The number of nitrogens with zero attached hydrogens (tertiary/aromatic N) is 1. The van der Waals surface area contributed by atoms with Gasteiger partial charge in [-0.3, -0.25) is 4.79 Å². The molecule has 1 aliphatic heterocycles. The molecule has 5 heteroatoms. The van der Waals surface area contributed by atoms with Crippen molar-refractivity contribution in [3.05, 3.63) is 54.1 Å². The summed E-state index contributed by atoms with van der Waals surface area (Å²) in [7, 11) is 3.30. The number of hydrogen-bond acceptors (Lipinski definition) is 4. The number of nitrogens with one attached hydrogen (secondary N) is 1. The number of para-hydroxylation sites is 2. The lowest BCUT2D eigenvalue weighted by Gasteiger charge is -2.31. The molecule has 0 radical (unpaired) electrons. The van der Waals surface area contributed by atoms with E-state index in [4.69, 9.17) is 9.47 Å². The molecule has 2 aromatic carbocycles. The van der Waals surface area contributed by atoms with Crippen LogP contribution in [0.15, 0.2) is 48.5 Å². The van der Waals surface area contributed by atoms with Crippen LogP contribution in [0.4, 0.5) is 5.69 Å². The molecule has 27 heavy (non-hydrogen) atoms. The van der Waals surface area contributed by atoms with Crippen molar-refractivity contribution < 1.29 is 14.3 Å². The highest BCUT2D eigenvalue weighted by Crippen LogP contribution is 2.26. The molecule has 1 heterocycles. The van der Waals surface area contributed by atoms with Gasteiger partial charge in [-0.15, -0.1) is 0 Å². The molecule has 0 aliphatic carbocycles. The third kappa shape index (κ3) is 5.23. The fourth-order valence-corrected chi connectivity index (χ4v) is 3.48. The van der Waals surface area contributed by atoms with Crippen LogP contribution < -0.4 is 14.8 Å². The summed E-state index contributed by atoms with van der Waals surface area (Å²) in [6, 6.07) is 15.8. The van der Waals surface area contributed by atoms with E-state index in [2.05, 4.69) is 22.3 Å². The molecule has 1 saturated heterocycles. The Bertz CT molecular complexity index is 737. The molecule has 144 valence electrons. The first-order valence-electron chi connectivity index (χ1n) is 9.48. The highest BCUT2D eigenvalue weighted by Gasteiger charge is 2.25. The van der Waals surface area contributed by atoms with Crippen LogP contribution in [0.2, 0.25) is 0 Å². The summed E-state index contributed by atoms with van der Waals surface area (Å²) in [4.78, 5) is 15.0. The summed E-state index contributed by atoms with van der Waals surface area (Å²) in [5.74, 6) is 1.74. The van der Waals surface area contributed by atoms with Crippen LogP contribution in [0.25, 0.3) is 0 Å². The Hall–Kier alpha value is -2.53. The van der Waals surface area contributed by atoms with Crippen molar-refractivity contribution in [2.45, 2.75) is 19.3 Å². The molecule has 0 spiro atoms. The molecular formula is C22H28N2O3. The van der Waals surface area contributed by atoms with Crippen LogP contribution >= 0.6 is 0 Å². The SMILES string of the molecule is COc1ccc(CCN2CCC(C(=O)Nc3ccccc3OC)CC2)cc1. The average Bonchev–Trinajstić information content (AvgIpc) is 2.73. The Morgan fingerprint density at radius 3 is 2.41 bits per heavy atom. The van der Waals surface area contributed by atoms with Crippen molar-refractivity contribution >= 4 is 11.6 Å². The van der Waals surface area contributed by atoms with Crippen molar-refractivity contribution in [1.82, 2.24) is 4.90 Å². The zero-order valence-corrected chi connectivity index (χ0v) is 16.1. The van der Waals surface area contributed by atoms with Gasteiger partial charge in [0, 0.05) is 12.5 Å². The van der Waals surface area contributed by atoms with Crippen LogP contribution in [-0.4, -0.2) is 44.7 Å². The number of amides is 1. The van der Waals surface area contributed by atoms with E-state index in [1.807, 2.05) is 36.4 Å². The zero-order valence-electron chi connectivity index (χ0n) is 16.1. The van der Waals surface area contributed by atoms with E-state index < -0.39 is 0 Å². The third-order valence-electron chi connectivity index (χ3n) is 5.20. The minimum atomic E-state index is 0.0622. The summed E-state index contributed by atoms with van der Waals surface area (Å²) in [6.45, 7) is 2.94. The van der Waals surface area contributed by atoms with E-state index >= 15 is 0 Å². The van der Waals surface area contributed by atoms with Crippen molar-refractivity contribution in [2.75, 3.05) is 39.2 Å². The molecule has 3 rings (SSSR count). The molecule has 0 saturated carbocycles. The normalized spacial score (nSPS) is 15.3. The highest BCUT2D eigenvalue weighted by molar-refractivity contribution is 5.94. The highest BCUT2D eigenvalue weighted by atomic mass is 16.5. The lowest BCUT2D eigenvalue weighted by Crippen LogP contribution is -2.39. The number of benzene rings is 2. The Labute approximate surface area is 161 Å². The van der Waals surface area contributed by atoms with Gasteiger partial charge in [0.2, 0.25) is 5.91 Å². The van der Waals surface area contributed by atoms with Crippen LogP contribution in [0, 0.1) is 5.92 Å². The van der Waals surface area contributed by atoms with Gasteiger partial charge in [-0.05, 0) is 62.2 Å². The molecule has 0 aromatic heterocycles. The predicted octanol–water partition coefficient (Wildman–Crippen LogP) is 3.60. The van der Waals surface area contributed by atoms with Crippen molar-refractivity contribution in [3.8, 4) is 11.5 Å². The lowest BCUT2D eigenvalue weighted by atomic mass is 9.95. The molecule has 1 aliphatic rings. The van der Waals surface area contributed by atoms with Gasteiger partial charge in [-0.2, -0.15) is 0 Å². The standard InChI is InChI=1S/C22H28N2O3/c1-26-19-9-7-17(8-10-19)11-14-24-15-12-18(13-16-24)22(25)23-20-5-3-4-6-21(20)27-2/h3-10,18H,11-16H2,1-2H3,(H,23,25). The Morgan fingerprint density at radius 1 is 1.04 bits per heavy atom. The number of piperidine rings is 1. The smallest absolute Gasteiger partial charge is 0.227 e. The van der Waals surface area contributed by atoms with Gasteiger partial charge in [0.15, 0.2) is 0 Å². The summed E-state index contributed by atoms with van der Waals surface area (Å²) >= 11 is 0. The van der Waals surface area contributed by atoms with E-state index in [0.29, 0.717) is 5.75 Å². The number of methoxy groups -OCH3 is 2. The first-order chi connectivity index (χ1) is 13.2. The molecule has 1 N–H and O–H groups in total. The van der Waals surface area contributed by atoms with Crippen LogP contribution in [0.3, 0.4) is 0 Å². The number of carbonyl (C=O) groups excluding carboxylic acids is 1. The number of anilines is 1. The minimum absolute atomic E-state index is 0.0622. The van der Waals surface area contributed by atoms with Gasteiger partial charge in [-0.1, -0.05) is 24.3 Å². The summed E-state index contributed by atoms with van der Waals surface area (Å²) < 4.78 is 10.5. The van der Waals surface area contributed by atoms with Crippen molar-refractivity contribution in [1.29, 1.82) is 0 Å². The maximum absolute atomic E-state index is 12.6. The van der Waals surface area contributed by atoms with Crippen molar-refractivity contribution in [2.24, 2.45) is 5.92 Å². The average molecular weight is 368 g/mol. The number of ether oxygens (including phenoxy) is 2. The van der Waals surface area contributed by atoms with E-state index in [0.717, 1.165) is 50.3 Å². The van der Waals surface area contributed by atoms with E-state index in [1.54, 1.807) is 14.2 Å². The molecule has 2 aromatic rings. The second-order valence-corrected chi connectivity index (χ2v) is 6.90. The number of carbonyl (C=O) groups is 1. The van der Waals surface area contributed by atoms with Gasteiger partial charge in [-0.25, -0.2) is 0 Å². The van der Waals surface area contributed by atoms with Crippen LogP contribution in [-0.2, 0) is 11.2 Å². The maximum Gasteiger partial charge on any atom is 0.227 e. The Morgan fingerprint density at radius 2 is 1.74 bits per heavy atom. The van der Waals surface area contributed by atoms with E-state index in [1.165, 1.54) is 5.56 Å². The van der Waals surface area contributed by atoms with E-state index in [9.17, 15) is 4.79 Å². The van der Waals surface area contributed by atoms with Gasteiger partial charge in [0.05, 0.1) is 19.9 Å². The van der Waals surface area contributed by atoms with Crippen LogP contribution in [0.1, 0.15) is 18.4 Å². The second-order valence-electron chi connectivity index (χ2n) is 6.90. The first kappa shape index (κ1) is 19.2. The van der Waals surface area contributed by atoms with E-state index in [-0.39, 0.29) is 11.8 Å². The largest absolute Gasteiger partial charge is 0.497 e. The molecule has 0 atom stereocenters. The third-order valence-corrected chi connectivity index (χ3v) is 5.20. The van der Waals surface area contributed by atoms with Crippen LogP contribution in [0.5, 0.6) is 11.5 Å². The first-order valence-corrected chi connectivity index (χ1v) is 9.48. The topological polar surface area (TPSA) is 50.8 Å². The fourth-order valence-electron chi connectivity index (χ4n) is 3.48. The summed E-state index contributed by atoms with van der Waals surface area (Å²) in [5, 5.41) is 3.02. The summed E-state index contributed by atoms with van der Waals surface area (Å²) in [6.07, 6.45) is 2.80. The molecular weight excluding hydrogens is 340 g/mol. The fraction of sp³-hybridized carbons (Fsp3) is 0.409. The maximum atomic E-state index is 12.6. The monoisotopic (exact) mass is 368 g/mol. The molecule has 5 nitrogen and oxygen atoms in total. The lowest BCUT2D eigenvalue weighted by molar-refractivity contribution is -0.121. The number of likely N-dealkylation sites (tertiary alicyclic amines) is 1. The quantitative estimate of drug-likeness (QED) is 0.811. The zero-order chi connectivity index (χ0) is 19.1. The number of rotatable bonds is 7. The van der Waals surface area contributed by atoms with Gasteiger partial charge >= 0.3 is 0 Å². The Balaban J connectivity index is 1.44.